The molecule has 0 spiro atoms. The van der Waals surface area contributed by atoms with E-state index in [1.165, 1.54) is 0 Å². The lowest BCUT2D eigenvalue weighted by atomic mass is 10.00. The summed E-state index contributed by atoms with van der Waals surface area (Å²) in [5.74, 6) is 0.787. The summed E-state index contributed by atoms with van der Waals surface area (Å²) in [4.78, 5) is 13.0. The smallest absolute Gasteiger partial charge is 0.197 e. The molecule has 3 nitrogen and oxygen atoms in total. The predicted octanol–water partition coefficient (Wildman–Crippen LogP) is 3.83. The third-order valence-corrected chi connectivity index (χ3v) is 4.23. The van der Waals surface area contributed by atoms with Crippen LogP contribution in [0.25, 0.3) is 22.0 Å². The molecule has 22 heavy (non-hydrogen) atoms. The second-order valence-electron chi connectivity index (χ2n) is 5.60. The molecule has 3 aromatic rings. The van der Waals surface area contributed by atoms with Crippen molar-refractivity contribution in [2.75, 3.05) is 7.11 Å². The van der Waals surface area contributed by atoms with Gasteiger partial charge in [-0.3, -0.25) is 4.79 Å². The van der Waals surface area contributed by atoms with Crippen LogP contribution in [0.15, 0.2) is 47.3 Å². The quantitative estimate of drug-likeness (QED) is 0.719. The summed E-state index contributed by atoms with van der Waals surface area (Å²) in [7, 11) is 3.64. The van der Waals surface area contributed by atoms with E-state index >= 15 is 0 Å². The highest BCUT2D eigenvalue weighted by molar-refractivity contribution is 5.86. The van der Waals surface area contributed by atoms with Crippen molar-refractivity contribution in [3.63, 3.8) is 0 Å². The van der Waals surface area contributed by atoms with Gasteiger partial charge in [-0.15, -0.1) is 0 Å². The number of aromatic nitrogens is 1. The summed E-state index contributed by atoms with van der Waals surface area (Å²) in [6.45, 7) is 3.99. The van der Waals surface area contributed by atoms with Gasteiger partial charge in [-0.2, -0.15) is 0 Å². The lowest BCUT2D eigenvalue weighted by Crippen LogP contribution is -2.14. The molecule has 0 N–H and O–H groups in total. The molecule has 0 saturated carbocycles. The van der Waals surface area contributed by atoms with Crippen LogP contribution in [0.1, 0.15) is 11.3 Å². The van der Waals surface area contributed by atoms with Crippen LogP contribution in [0.3, 0.4) is 0 Å². The fourth-order valence-electron chi connectivity index (χ4n) is 2.87. The summed E-state index contributed by atoms with van der Waals surface area (Å²) in [5, 5.41) is 0.763. The number of ether oxygens (including phenoxy) is 1. The Balaban J connectivity index is 2.35. The number of hydrogen-bond donors (Lipinski definition) is 0. The van der Waals surface area contributed by atoms with Gasteiger partial charge in [-0.05, 0) is 43.7 Å². The number of pyridine rings is 1. The van der Waals surface area contributed by atoms with Gasteiger partial charge in [0.1, 0.15) is 5.75 Å². The topological polar surface area (TPSA) is 31.2 Å². The zero-order valence-electron chi connectivity index (χ0n) is 13.3. The molecule has 0 saturated heterocycles. The van der Waals surface area contributed by atoms with Crippen molar-refractivity contribution in [2.45, 2.75) is 13.8 Å². The van der Waals surface area contributed by atoms with Crippen LogP contribution in [0.4, 0.5) is 0 Å². The molecule has 3 heteroatoms. The van der Waals surface area contributed by atoms with Gasteiger partial charge in [0, 0.05) is 23.7 Å². The number of rotatable bonds is 2. The predicted molar refractivity (Wildman–Crippen MR) is 90.7 cm³/mol. The summed E-state index contributed by atoms with van der Waals surface area (Å²) in [6.07, 6.45) is 0. The van der Waals surface area contributed by atoms with E-state index in [-0.39, 0.29) is 5.43 Å². The van der Waals surface area contributed by atoms with E-state index in [0.717, 1.165) is 39.0 Å². The summed E-state index contributed by atoms with van der Waals surface area (Å²) >= 11 is 0. The van der Waals surface area contributed by atoms with Crippen molar-refractivity contribution in [2.24, 2.45) is 7.05 Å². The maximum atomic E-state index is 13.0. The Labute approximate surface area is 129 Å². The minimum atomic E-state index is 0.0828. The Morgan fingerprint density at radius 2 is 1.68 bits per heavy atom. The molecular formula is C19H19NO2. The number of methoxy groups -OCH3 is 1. The first-order valence-electron chi connectivity index (χ1n) is 7.27. The molecule has 2 aromatic carbocycles. The monoisotopic (exact) mass is 293 g/mol. The van der Waals surface area contributed by atoms with E-state index in [1.807, 2.05) is 63.4 Å². The van der Waals surface area contributed by atoms with Crippen LogP contribution in [0, 0.1) is 13.8 Å². The van der Waals surface area contributed by atoms with Crippen molar-refractivity contribution in [1.82, 2.24) is 4.57 Å². The fourth-order valence-corrected chi connectivity index (χ4v) is 2.87. The maximum absolute atomic E-state index is 13.0. The Bertz CT molecular complexity index is 905. The first kappa shape index (κ1) is 14.4. The highest BCUT2D eigenvalue weighted by atomic mass is 16.5. The lowest BCUT2D eigenvalue weighted by molar-refractivity contribution is 0.415. The van der Waals surface area contributed by atoms with Crippen LogP contribution in [0.5, 0.6) is 5.75 Å². The third-order valence-electron chi connectivity index (χ3n) is 4.23. The molecule has 0 radical (unpaired) electrons. The highest BCUT2D eigenvalue weighted by Gasteiger charge is 2.14. The van der Waals surface area contributed by atoms with Gasteiger partial charge in [0.25, 0.3) is 0 Å². The van der Waals surface area contributed by atoms with Crippen molar-refractivity contribution in [1.29, 1.82) is 0 Å². The van der Waals surface area contributed by atoms with E-state index < -0.39 is 0 Å². The van der Waals surface area contributed by atoms with Gasteiger partial charge < -0.3 is 9.30 Å². The van der Waals surface area contributed by atoms with E-state index in [9.17, 15) is 4.79 Å². The Kier molecular flexibility index (Phi) is 3.49. The minimum Gasteiger partial charge on any atom is -0.497 e. The molecule has 0 aliphatic heterocycles. The summed E-state index contributed by atoms with van der Waals surface area (Å²) in [6, 6.07) is 13.6. The molecule has 112 valence electrons. The van der Waals surface area contributed by atoms with E-state index in [1.54, 1.807) is 7.11 Å². The molecule has 0 unspecified atom stereocenters. The van der Waals surface area contributed by atoms with Crippen LogP contribution in [-0.4, -0.2) is 11.7 Å². The van der Waals surface area contributed by atoms with Gasteiger partial charge in [-0.25, -0.2) is 0 Å². The van der Waals surface area contributed by atoms with Crippen LogP contribution in [0.2, 0.25) is 0 Å². The van der Waals surface area contributed by atoms with Gasteiger partial charge in [0.15, 0.2) is 5.43 Å². The number of aryl methyl sites for hydroxylation is 2. The number of nitrogens with zero attached hydrogens (tertiary/aromatic N) is 1. The van der Waals surface area contributed by atoms with Crippen LogP contribution < -0.4 is 10.2 Å². The molecule has 3 rings (SSSR count). The zero-order chi connectivity index (χ0) is 15.9. The Hall–Kier alpha value is -2.55. The molecule has 0 fully saturated rings. The zero-order valence-corrected chi connectivity index (χ0v) is 13.3. The molecule has 0 aliphatic rings. The molecule has 1 aromatic heterocycles. The third kappa shape index (κ3) is 2.19. The number of fused-ring (bicyclic) bond motifs is 1. The Morgan fingerprint density at radius 1 is 1.00 bits per heavy atom. The van der Waals surface area contributed by atoms with Crippen LogP contribution in [-0.2, 0) is 7.05 Å². The van der Waals surface area contributed by atoms with Gasteiger partial charge >= 0.3 is 0 Å². The van der Waals surface area contributed by atoms with Crippen LogP contribution >= 0.6 is 0 Å². The van der Waals surface area contributed by atoms with Crippen molar-refractivity contribution in [3.8, 4) is 16.9 Å². The number of hydrogen-bond acceptors (Lipinski definition) is 2. The molecular weight excluding hydrogens is 274 g/mol. The van der Waals surface area contributed by atoms with Gasteiger partial charge in [-0.1, -0.05) is 23.8 Å². The van der Waals surface area contributed by atoms with E-state index in [0.29, 0.717) is 0 Å². The largest absolute Gasteiger partial charge is 0.497 e. The minimum absolute atomic E-state index is 0.0828. The molecule has 0 amide bonds. The SMILES string of the molecule is COc1ccc(-c2c(C)n(C)c3ccc(C)cc3c2=O)cc1. The van der Waals surface area contributed by atoms with Gasteiger partial charge in [0.05, 0.1) is 12.6 Å². The molecule has 0 atom stereocenters. The molecule has 0 aliphatic carbocycles. The normalized spacial score (nSPS) is 10.9. The second-order valence-corrected chi connectivity index (χ2v) is 5.60. The standard InChI is InChI=1S/C19H19NO2/c1-12-5-10-17-16(11-12)19(21)18(13(2)20(17)3)14-6-8-15(22-4)9-7-14/h5-11H,1-4H3. The van der Waals surface area contributed by atoms with E-state index in [4.69, 9.17) is 4.74 Å². The first-order valence-corrected chi connectivity index (χ1v) is 7.27. The maximum Gasteiger partial charge on any atom is 0.197 e. The molecule has 0 bridgehead atoms. The Morgan fingerprint density at radius 3 is 2.32 bits per heavy atom. The first-order chi connectivity index (χ1) is 10.5. The summed E-state index contributed by atoms with van der Waals surface area (Å²) < 4.78 is 7.27. The second kappa shape index (κ2) is 5.34. The van der Waals surface area contributed by atoms with Crippen molar-refractivity contribution in [3.05, 3.63) is 63.9 Å². The van der Waals surface area contributed by atoms with Crippen molar-refractivity contribution < 1.29 is 4.74 Å². The molecule has 1 heterocycles. The average Bonchev–Trinajstić information content (AvgIpc) is 2.53. The summed E-state index contributed by atoms with van der Waals surface area (Å²) in [5.41, 5.74) is 4.77. The van der Waals surface area contributed by atoms with Gasteiger partial charge in [0.2, 0.25) is 0 Å². The van der Waals surface area contributed by atoms with E-state index in [2.05, 4.69) is 4.57 Å². The lowest BCUT2D eigenvalue weighted by Gasteiger charge is -2.15. The average molecular weight is 293 g/mol. The number of benzene rings is 2. The highest BCUT2D eigenvalue weighted by Crippen LogP contribution is 2.25. The fraction of sp³-hybridized carbons (Fsp3) is 0.211. The van der Waals surface area contributed by atoms with Crippen molar-refractivity contribution >= 4 is 10.9 Å².